The van der Waals surface area contributed by atoms with E-state index >= 15 is 0 Å². The van der Waals surface area contributed by atoms with Crippen LogP contribution in [0.25, 0.3) is 0 Å². The standard InChI is InChI=1S/C18H21N3O3/c22-18(14-23-13-15-5-2-1-3-6-15)21-10-4-7-16(12-21)24-17-11-19-8-9-20-17/h1-3,5-6,8-9,11,16H,4,7,10,12-14H2/t16-/m1/s1. The highest BCUT2D eigenvalue weighted by atomic mass is 16.5. The van der Waals surface area contributed by atoms with E-state index in [1.165, 1.54) is 0 Å². The molecule has 0 N–H and O–H groups in total. The molecule has 2 aromatic rings. The lowest BCUT2D eigenvalue weighted by molar-refractivity contribution is -0.139. The lowest BCUT2D eigenvalue weighted by atomic mass is 10.1. The van der Waals surface area contributed by atoms with Crippen LogP contribution >= 0.6 is 0 Å². The van der Waals surface area contributed by atoms with Crippen LogP contribution in [0.15, 0.2) is 48.9 Å². The van der Waals surface area contributed by atoms with E-state index in [0.717, 1.165) is 24.9 Å². The smallest absolute Gasteiger partial charge is 0.248 e. The molecule has 1 amide bonds. The van der Waals surface area contributed by atoms with Gasteiger partial charge in [0.2, 0.25) is 11.8 Å². The molecule has 1 saturated heterocycles. The Morgan fingerprint density at radius 3 is 2.92 bits per heavy atom. The largest absolute Gasteiger partial charge is 0.471 e. The summed E-state index contributed by atoms with van der Waals surface area (Å²) < 4.78 is 11.3. The van der Waals surface area contributed by atoms with Crippen molar-refractivity contribution in [1.29, 1.82) is 0 Å². The van der Waals surface area contributed by atoms with Gasteiger partial charge < -0.3 is 14.4 Å². The van der Waals surface area contributed by atoms with Gasteiger partial charge in [-0.3, -0.25) is 9.78 Å². The van der Waals surface area contributed by atoms with Crippen molar-refractivity contribution in [3.8, 4) is 5.88 Å². The zero-order valence-electron chi connectivity index (χ0n) is 13.5. The predicted octanol–water partition coefficient (Wildman–Crippen LogP) is 2.06. The molecule has 1 aliphatic heterocycles. The maximum atomic E-state index is 12.3. The number of benzene rings is 1. The topological polar surface area (TPSA) is 64.5 Å². The molecule has 0 bridgehead atoms. The summed E-state index contributed by atoms with van der Waals surface area (Å²) in [4.78, 5) is 22.2. The monoisotopic (exact) mass is 327 g/mol. The normalized spacial score (nSPS) is 17.5. The molecule has 6 heteroatoms. The van der Waals surface area contributed by atoms with Crippen molar-refractivity contribution in [2.24, 2.45) is 0 Å². The first kappa shape index (κ1) is 16.4. The molecule has 6 nitrogen and oxygen atoms in total. The molecule has 0 spiro atoms. The van der Waals surface area contributed by atoms with Crippen molar-refractivity contribution >= 4 is 5.91 Å². The molecule has 126 valence electrons. The minimum atomic E-state index is -0.0477. The lowest BCUT2D eigenvalue weighted by Crippen LogP contribution is -2.45. The number of rotatable bonds is 6. The molecule has 0 aliphatic carbocycles. The maximum Gasteiger partial charge on any atom is 0.248 e. The van der Waals surface area contributed by atoms with Crippen LogP contribution in [0.1, 0.15) is 18.4 Å². The van der Waals surface area contributed by atoms with Crippen molar-refractivity contribution in [2.75, 3.05) is 19.7 Å². The number of amides is 1. The highest BCUT2D eigenvalue weighted by Gasteiger charge is 2.25. The zero-order chi connectivity index (χ0) is 16.6. The Morgan fingerprint density at radius 1 is 1.25 bits per heavy atom. The van der Waals surface area contributed by atoms with Gasteiger partial charge in [0, 0.05) is 18.9 Å². The molecular weight excluding hydrogens is 306 g/mol. The van der Waals surface area contributed by atoms with E-state index in [0.29, 0.717) is 19.0 Å². The highest BCUT2D eigenvalue weighted by molar-refractivity contribution is 5.77. The summed E-state index contributed by atoms with van der Waals surface area (Å²) in [6.45, 7) is 1.84. The number of likely N-dealkylation sites (tertiary alicyclic amines) is 1. The number of aromatic nitrogens is 2. The molecule has 0 radical (unpaired) electrons. The molecule has 1 aromatic carbocycles. The maximum absolute atomic E-state index is 12.3. The van der Waals surface area contributed by atoms with Crippen LogP contribution in [0, 0.1) is 0 Å². The first-order chi connectivity index (χ1) is 11.8. The Hall–Kier alpha value is -2.47. The van der Waals surface area contributed by atoms with E-state index in [1.54, 1.807) is 23.5 Å². The summed E-state index contributed by atoms with van der Waals surface area (Å²) in [6, 6.07) is 9.84. The number of piperidine rings is 1. The van der Waals surface area contributed by atoms with E-state index in [4.69, 9.17) is 9.47 Å². The van der Waals surface area contributed by atoms with Crippen LogP contribution in [-0.4, -0.2) is 46.6 Å². The summed E-state index contributed by atoms with van der Waals surface area (Å²) in [5.74, 6) is 0.496. The second kappa shape index (κ2) is 8.40. The van der Waals surface area contributed by atoms with Crippen LogP contribution < -0.4 is 4.74 Å². The Kier molecular flexibility index (Phi) is 5.74. The fourth-order valence-electron chi connectivity index (χ4n) is 2.70. The summed E-state index contributed by atoms with van der Waals surface area (Å²) in [5.41, 5.74) is 1.06. The van der Waals surface area contributed by atoms with E-state index in [2.05, 4.69) is 9.97 Å². The third kappa shape index (κ3) is 4.76. The van der Waals surface area contributed by atoms with Gasteiger partial charge in [-0.05, 0) is 18.4 Å². The fourth-order valence-corrected chi connectivity index (χ4v) is 2.70. The second-order valence-electron chi connectivity index (χ2n) is 5.74. The Labute approximate surface area is 141 Å². The van der Waals surface area contributed by atoms with Crippen LogP contribution in [-0.2, 0) is 16.1 Å². The van der Waals surface area contributed by atoms with E-state index in [9.17, 15) is 4.79 Å². The highest BCUT2D eigenvalue weighted by Crippen LogP contribution is 2.16. The fraction of sp³-hybridized carbons (Fsp3) is 0.389. The first-order valence-corrected chi connectivity index (χ1v) is 8.13. The van der Waals surface area contributed by atoms with Gasteiger partial charge in [-0.15, -0.1) is 0 Å². The predicted molar refractivity (Wildman–Crippen MR) is 88.4 cm³/mol. The van der Waals surface area contributed by atoms with E-state index < -0.39 is 0 Å². The van der Waals surface area contributed by atoms with Gasteiger partial charge in [-0.2, -0.15) is 0 Å². The number of carbonyl (C=O) groups is 1. The molecule has 24 heavy (non-hydrogen) atoms. The van der Waals surface area contributed by atoms with Gasteiger partial charge in [0.15, 0.2) is 0 Å². The zero-order valence-corrected chi connectivity index (χ0v) is 13.5. The average Bonchev–Trinajstić information content (AvgIpc) is 2.64. The number of nitrogens with zero attached hydrogens (tertiary/aromatic N) is 3. The Morgan fingerprint density at radius 2 is 2.12 bits per heavy atom. The molecule has 0 unspecified atom stereocenters. The summed E-state index contributed by atoms with van der Waals surface area (Å²) in [7, 11) is 0. The van der Waals surface area contributed by atoms with Gasteiger partial charge in [-0.1, -0.05) is 30.3 Å². The minimum absolute atomic E-state index is 0.00150. The van der Waals surface area contributed by atoms with Crippen molar-refractivity contribution in [2.45, 2.75) is 25.6 Å². The van der Waals surface area contributed by atoms with Crippen LogP contribution in [0.3, 0.4) is 0 Å². The molecule has 0 saturated carbocycles. The Balaban J connectivity index is 1.44. The van der Waals surface area contributed by atoms with Crippen LogP contribution in [0.2, 0.25) is 0 Å². The number of hydrogen-bond acceptors (Lipinski definition) is 5. The SMILES string of the molecule is O=C(COCc1ccccc1)N1CCC[C@@H](Oc2cnccn2)C1. The van der Waals surface area contributed by atoms with E-state index in [1.807, 2.05) is 30.3 Å². The quantitative estimate of drug-likeness (QED) is 0.812. The van der Waals surface area contributed by atoms with E-state index in [-0.39, 0.29) is 18.6 Å². The second-order valence-corrected chi connectivity index (χ2v) is 5.74. The van der Waals surface area contributed by atoms with Gasteiger partial charge in [0.05, 0.1) is 19.3 Å². The summed E-state index contributed by atoms with van der Waals surface area (Å²) in [5, 5.41) is 0. The van der Waals surface area contributed by atoms with Gasteiger partial charge in [-0.25, -0.2) is 4.98 Å². The molecule has 1 fully saturated rings. The van der Waals surface area contributed by atoms with Gasteiger partial charge >= 0.3 is 0 Å². The summed E-state index contributed by atoms with van der Waals surface area (Å²) >= 11 is 0. The molecule has 1 aliphatic rings. The van der Waals surface area contributed by atoms with Gasteiger partial charge in [0.25, 0.3) is 0 Å². The third-order valence-corrected chi connectivity index (χ3v) is 3.89. The lowest BCUT2D eigenvalue weighted by Gasteiger charge is -2.32. The van der Waals surface area contributed by atoms with Crippen LogP contribution in [0.5, 0.6) is 5.88 Å². The van der Waals surface area contributed by atoms with Crippen LogP contribution in [0.4, 0.5) is 0 Å². The van der Waals surface area contributed by atoms with Crippen molar-refractivity contribution in [3.05, 3.63) is 54.5 Å². The van der Waals surface area contributed by atoms with Crippen molar-refractivity contribution in [1.82, 2.24) is 14.9 Å². The Bertz CT molecular complexity index is 636. The molecular formula is C18H21N3O3. The first-order valence-electron chi connectivity index (χ1n) is 8.13. The molecule has 1 aromatic heterocycles. The van der Waals surface area contributed by atoms with Gasteiger partial charge in [0.1, 0.15) is 12.7 Å². The molecule has 3 rings (SSSR count). The van der Waals surface area contributed by atoms with Crippen molar-refractivity contribution in [3.63, 3.8) is 0 Å². The number of carbonyl (C=O) groups excluding carboxylic acids is 1. The summed E-state index contributed by atoms with van der Waals surface area (Å²) in [6.07, 6.45) is 6.56. The minimum Gasteiger partial charge on any atom is -0.471 e. The van der Waals surface area contributed by atoms with Crippen molar-refractivity contribution < 1.29 is 14.3 Å². The number of hydrogen-bond donors (Lipinski definition) is 0. The molecule has 2 heterocycles. The number of ether oxygens (including phenoxy) is 2. The third-order valence-electron chi connectivity index (χ3n) is 3.89. The molecule has 1 atom stereocenters. The average molecular weight is 327 g/mol.